The van der Waals surface area contributed by atoms with Gasteiger partial charge in [-0.05, 0) is 25.0 Å². The number of hydrogen-bond acceptors (Lipinski definition) is 4. The Balaban J connectivity index is 2.11. The smallest absolute Gasteiger partial charge is 0.269 e. The molecule has 6 heteroatoms. The van der Waals surface area contributed by atoms with Gasteiger partial charge < -0.3 is 10.6 Å². The fraction of sp³-hybridized carbons (Fsp3) is 0.417. The number of nitro benzene ring substituents is 1. The molecule has 6 nitrogen and oxygen atoms in total. The minimum atomic E-state index is -0.424. The Hall–Kier alpha value is -2.11. The van der Waals surface area contributed by atoms with Gasteiger partial charge in [0.15, 0.2) is 0 Å². The summed E-state index contributed by atoms with van der Waals surface area (Å²) in [6.45, 7) is 1.44. The first kappa shape index (κ1) is 12.3. The maximum absolute atomic E-state index is 11.2. The van der Waals surface area contributed by atoms with Gasteiger partial charge in [0.05, 0.1) is 10.8 Å². The van der Waals surface area contributed by atoms with Gasteiger partial charge in [-0.1, -0.05) is 0 Å². The van der Waals surface area contributed by atoms with Crippen molar-refractivity contribution in [3.63, 3.8) is 0 Å². The number of benzene rings is 1. The van der Waals surface area contributed by atoms with Crippen LogP contribution in [0.25, 0.3) is 0 Å². The highest BCUT2D eigenvalue weighted by Crippen LogP contribution is 2.24. The Morgan fingerprint density at radius 2 is 2.06 bits per heavy atom. The van der Waals surface area contributed by atoms with Gasteiger partial charge in [-0.3, -0.25) is 14.9 Å². The Bertz CT molecular complexity index is 458. The number of amides is 1. The first-order valence-corrected chi connectivity index (χ1v) is 5.86. The number of rotatable bonds is 3. The molecule has 2 N–H and O–H groups in total. The van der Waals surface area contributed by atoms with Crippen LogP contribution in [0, 0.1) is 16.0 Å². The number of hydrogen-bond donors (Lipinski definition) is 1. The van der Waals surface area contributed by atoms with Gasteiger partial charge in [-0.2, -0.15) is 0 Å². The van der Waals surface area contributed by atoms with E-state index in [-0.39, 0.29) is 17.5 Å². The van der Waals surface area contributed by atoms with Gasteiger partial charge in [0.1, 0.15) is 0 Å². The molecule has 0 unspecified atom stereocenters. The van der Waals surface area contributed by atoms with E-state index < -0.39 is 4.92 Å². The number of anilines is 1. The molecule has 1 aromatic carbocycles. The number of nitrogens with two attached hydrogens (primary N) is 1. The molecule has 18 heavy (non-hydrogen) atoms. The Morgan fingerprint density at radius 1 is 1.39 bits per heavy atom. The largest absolute Gasteiger partial charge is 0.371 e. The topological polar surface area (TPSA) is 89.5 Å². The number of primary amides is 1. The number of non-ortho nitro benzene ring substituents is 1. The Morgan fingerprint density at radius 3 is 2.61 bits per heavy atom. The number of carbonyl (C=O) groups is 1. The minimum absolute atomic E-state index is 0.0715. The first-order valence-electron chi connectivity index (χ1n) is 5.86. The number of nitro groups is 1. The number of nitrogens with zero attached hydrogens (tertiary/aromatic N) is 2. The van der Waals surface area contributed by atoms with E-state index in [0.717, 1.165) is 25.1 Å². The van der Waals surface area contributed by atoms with Gasteiger partial charge in [0.25, 0.3) is 5.69 Å². The van der Waals surface area contributed by atoms with Crippen LogP contribution in [0.5, 0.6) is 0 Å². The fourth-order valence-electron chi connectivity index (χ4n) is 2.23. The lowest BCUT2D eigenvalue weighted by atomic mass is 9.97. The second kappa shape index (κ2) is 5.03. The first-order chi connectivity index (χ1) is 8.58. The second-order valence-electron chi connectivity index (χ2n) is 4.46. The van der Waals surface area contributed by atoms with Crippen LogP contribution in [0.3, 0.4) is 0 Å². The van der Waals surface area contributed by atoms with Crippen LogP contribution in [0.4, 0.5) is 11.4 Å². The molecular weight excluding hydrogens is 234 g/mol. The molecule has 1 fully saturated rings. The van der Waals surface area contributed by atoms with E-state index in [0.29, 0.717) is 6.54 Å². The summed E-state index contributed by atoms with van der Waals surface area (Å²) in [6.07, 6.45) is 1.73. The van der Waals surface area contributed by atoms with E-state index in [4.69, 9.17) is 5.73 Å². The standard InChI is InChI=1S/C12H15N3O3/c13-12(16)9-2-1-7-14(8-9)10-3-5-11(6-4-10)15(17)18/h3-6,9H,1-2,7-8H2,(H2,13,16)/t9-/m0/s1. The van der Waals surface area contributed by atoms with Crippen LogP contribution < -0.4 is 10.6 Å². The summed E-state index contributed by atoms with van der Waals surface area (Å²) in [7, 11) is 0. The van der Waals surface area contributed by atoms with E-state index in [2.05, 4.69) is 0 Å². The van der Waals surface area contributed by atoms with E-state index >= 15 is 0 Å². The summed E-state index contributed by atoms with van der Waals surface area (Å²) in [5, 5.41) is 10.6. The highest BCUT2D eigenvalue weighted by Gasteiger charge is 2.24. The average molecular weight is 249 g/mol. The summed E-state index contributed by atoms with van der Waals surface area (Å²) in [4.78, 5) is 23.4. The minimum Gasteiger partial charge on any atom is -0.371 e. The molecule has 0 aliphatic carbocycles. The molecule has 0 radical (unpaired) electrons. The van der Waals surface area contributed by atoms with Crippen LogP contribution in [0.1, 0.15) is 12.8 Å². The monoisotopic (exact) mass is 249 g/mol. The summed E-state index contributed by atoms with van der Waals surface area (Å²) in [6, 6.07) is 6.37. The molecule has 1 saturated heterocycles. The molecule has 1 heterocycles. The fourth-order valence-corrected chi connectivity index (χ4v) is 2.23. The third-order valence-electron chi connectivity index (χ3n) is 3.25. The number of piperidine rings is 1. The summed E-state index contributed by atoms with van der Waals surface area (Å²) < 4.78 is 0. The molecule has 0 bridgehead atoms. The van der Waals surface area contributed by atoms with Crippen molar-refractivity contribution in [2.24, 2.45) is 11.7 Å². The summed E-state index contributed by atoms with van der Waals surface area (Å²) >= 11 is 0. The summed E-state index contributed by atoms with van der Waals surface area (Å²) in [5.74, 6) is -0.407. The van der Waals surface area contributed by atoms with Crippen molar-refractivity contribution in [1.29, 1.82) is 0 Å². The molecule has 1 aliphatic rings. The molecule has 2 rings (SSSR count). The van der Waals surface area contributed by atoms with Gasteiger partial charge in [-0.15, -0.1) is 0 Å². The third-order valence-corrected chi connectivity index (χ3v) is 3.25. The third kappa shape index (κ3) is 2.58. The average Bonchev–Trinajstić information content (AvgIpc) is 2.39. The molecule has 0 aromatic heterocycles. The second-order valence-corrected chi connectivity index (χ2v) is 4.46. The van der Waals surface area contributed by atoms with E-state index in [1.807, 2.05) is 4.90 Å². The van der Waals surface area contributed by atoms with Crippen molar-refractivity contribution in [3.05, 3.63) is 34.4 Å². The number of carbonyl (C=O) groups excluding carboxylic acids is 1. The molecule has 1 aromatic rings. The SMILES string of the molecule is NC(=O)[C@H]1CCCN(c2ccc([N+](=O)[O-])cc2)C1. The normalized spacial score (nSPS) is 19.6. The zero-order valence-electron chi connectivity index (χ0n) is 9.91. The van der Waals surface area contributed by atoms with Crippen molar-refractivity contribution in [2.45, 2.75) is 12.8 Å². The van der Waals surface area contributed by atoms with Gasteiger partial charge in [-0.25, -0.2) is 0 Å². The summed E-state index contributed by atoms with van der Waals surface area (Å²) in [5.41, 5.74) is 6.28. The van der Waals surface area contributed by atoms with Crippen molar-refractivity contribution < 1.29 is 9.72 Å². The Labute approximate surface area is 105 Å². The predicted molar refractivity (Wildman–Crippen MR) is 67.2 cm³/mol. The van der Waals surface area contributed by atoms with Gasteiger partial charge >= 0.3 is 0 Å². The van der Waals surface area contributed by atoms with E-state index in [1.165, 1.54) is 12.1 Å². The molecule has 0 saturated carbocycles. The molecule has 1 atom stereocenters. The molecule has 1 aliphatic heterocycles. The lowest BCUT2D eigenvalue weighted by molar-refractivity contribution is -0.384. The van der Waals surface area contributed by atoms with Gasteiger partial charge in [0, 0.05) is 30.9 Å². The zero-order valence-corrected chi connectivity index (χ0v) is 9.91. The van der Waals surface area contributed by atoms with Crippen LogP contribution in [0.2, 0.25) is 0 Å². The highest BCUT2D eigenvalue weighted by molar-refractivity contribution is 5.77. The van der Waals surface area contributed by atoms with Crippen molar-refractivity contribution in [1.82, 2.24) is 0 Å². The quantitative estimate of drug-likeness (QED) is 0.645. The molecule has 1 amide bonds. The van der Waals surface area contributed by atoms with Crippen molar-refractivity contribution in [3.8, 4) is 0 Å². The molecule has 0 spiro atoms. The van der Waals surface area contributed by atoms with Crippen LogP contribution in [-0.2, 0) is 4.79 Å². The lowest BCUT2D eigenvalue weighted by Gasteiger charge is -2.32. The molecular formula is C12H15N3O3. The lowest BCUT2D eigenvalue weighted by Crippen LogP contribution is -2.41. The van der Waals surface area contributed by atoms with E-state index in [9.17, 15) is 14.9 Å². The zero-order chi connectivity index (χ0) is 13.1. The molecule has 96 valence electrons. The van der Waals surface area contributed by atoms with Gasteiger partial charge in [0.2, 0.25) is 5.91 Å². The predicted octanol–water partition coefficient (Wildman–Crippen LogP) is 1.30. The van der Waals surface area contributed by atoms with E-state index in [1.54, 1.807) is 12.1 Å². The van der Waals surface area contributed by atoms with Crippen LogP contribution in [-0.4, -0.2) is 23.9 Å². The van der Waals surface area contributed by atoms with Crippen LogP contribution >= 0.6 is 0 Å². The van der Waals surface area contributed by atoms with Crippen LogP contribution in [0.15, 0.2) is 24.3 Å². The highest BCUT2D eigenvalue weighted by atomic mass is 16.6. The Kier molecular flexibility index (Phi) is 3.45. The van der Waals surface area contributed by atoms with Crippen molar-refractivity contribution >= 4 is 17.3 Å². The van der Waals surface area contributed by atoms with Crippen molar-refractivity contribution in [2.75, 3.05) is 18.0 Å². The maximum Gasteiger partial charge on any atom is 0.269 e. The maximum atomic E-state index is 11.2.